The van der Waals surface area contributed by atoms with Crippen LogP contribution in [0.3, 0.4) is 0 Å². The lowest BCUT2D eigenvalue weighted by Gasteiger charge is -2.21. The maximum Gasteiger partial charge on any atom is 0.257 e. The third kappa shape index (κ3) is 3.65. The lowest BCUT2D eigenvalue weighted by Crippen LogP contribution is -2.21. The highest BCUT2D eigenvalue weighted by Gasteiger charge is 2.20. The minimum absolute atomic E-state index is 0.0350. The molecule has 3 heterocycles. The van der Waals surface area contributed by atoms with Gasteiger partial charge in [-0.3, -0.25) is 4.79 Å². The molecule has 1 amide bonds. The van der Waals surface area contributed by atoms with Crippen molar-refractivity contribution in [2.45, 2.75) is 33.2 Å². The summed E-state index contributed by atoms with van der Waals surface area (Å²) >= 11 is 1.74. The van der Waals surface area contributed by atoms with E-state index in [9.17, 15) is 4.79 Å². The monoisotopic (exact) mass is 379 g/mol. The number of aromatic nitrogens is 1. The minimum atomic E-state index is -0.0350. The van der Waals surface area contributed by atoms with Gasteiger partial charge in [0.15, 0.2) is 0 Å². The molecule has 0 bridgehead atoms. The number of hydrogen-bond acceptors (Lipinski definition) is 3. The van der Waals surface area contributed by atoms with Gasteiger partial charge in [-0.05, 0) is 56.3 Å². The normalized spacial score (nSPS) is 13.9. The predicted molar refractivity (Wildman–Crippen MR) is 113 cm³/mol. The van der Waals surface area contributed by atoms with Gasteiger partial charge in [-0.1, -0.05) is 18.2 Å². The SMILES string of the molecule is Cc1cc(C(=O)Nc2ccccc2N2CCCC2)c(C)n1Cc1cccs1. The highest BCUT2D eigenvalue weighted by molar-refractivity contribution is 7.09. The molecule has 1 fully saturated rings. The third-order valence-electron chi connectivity index (χ3n) is 5.31. The van der Waals surface area contributed by atoms with E-state index < -0.39 is 0 Å². The minimum Gasteiger partial charge on any atom is -0.370 e. The number of aryl methyl sites for hydroxylation is 1. The van der Waals surface area contributed by atoms with Crippen LogP contribution < -0.4 is 10.2 Å². The average Bonchev–Trinajstić information content (AvgIpc) is 3.41. The molecule has 5 heteroatoms. The number of anilines is 2. The molecular weight excluding hydrogens is 354 g/mol. The molecule has 4 rings (SSSR count). The molecule has 27 heavy (non-hydrogen) atoms. The van der Waals surface area contributed by atoms with Gasteiger partial charge in [-0.15, -0.1) is 11.3 Å². The number of nitrogens with one attached hydrogen (secondary N) is 1. The second-order valence-electron chi connectivity index (χ2n) is 7.12. The van der Waals surface area contributed by atoms with E-state index in [4.69, 9.17) is 0 Å². The number of carbonyl (C=O) groups excluding carboxylic acids is 1. The van der Waals surface area contributed by atoms with Crippen molar-refractivity contribution in [3.63, 3.8) is 0 Å². The summed E-state index contributed by atoms with van der Waals surface area (Å²) in [5, 5.41) is 5.24. The highest BCUT2D eigenvalue weighted by Crippen LogP contribution is 2.29. The zero-order valence-electron chi connectivity index (χ0n) is 15.9. The van der Waals surface area contributed by atoms with Crippen LogP contribution in [0, 0.1) is 13.8 Å². The summed E-state index contributed by atoms with van der Waals surface area (Å²) in [4.78, 5) is 16.7. The number of amides is 1. The standard InChI is InChI=1S/C22H25N3OS/c1-16-14-19(17(2)25(16)15-18-8-7-13-27-18)22(26)23-20-9-3-4-10-21(20)24-11-5-6-12-24/h3-4,7-10,13-14H,5-6,11-12,15H2,1-2H3,(H,23,26). The maximum atomic E-state index is 13.0. The number of rotatable bonds is 5. The van der Waals surface area contributed by atoms with Crippen LogP contribution in [-0.2, 0) is 6.54 Å². The zero-order valence-corrected chi connectivity index (χ0v) is 16.7. The first-order chi connectivity index (χ1) is 13.1. The van der Waals surface area contributed by atoms with Crippen LogP contribution >= 0.6 is 11.3 Å². The van der Waals surface area contributed by atoms with Crippen molar-refractivity contribution in [1.29, 1.82) is 0 Å². The number of nitrogens with zero attached hydrogens (tertiary/aromatic N) is 2. The quantitative estimate of drug-likeness (QED) is 0.672. The predicted octanol–water partition coefficient (Wildman–Crippen LogP) is 5.07. The molecule has 140 valence electrons. The second-order valence-corrected chi connectivity index (χ2v) is 8.15. The van der Waals surface area contributed by atoms with Crippen LogP contribution in [-0.4, -0.2) is 23.6 Å². The Morgan fingerprint density at radius 1 is 1.11 bits per heavy atom. The molecule has 1 aromatic carbocycles. The van der Waals surface area contributed by atoms with Crippen molar-refractivity contribution < 1.29 is 4.79 Å². The molecular formula is C22H25N3OS. The summed E-state index contributed by atoms with van der Waals surface area (Å²) in [7, 11) is 0. The number of para-hydroxylation sites is 2. The van der Waals surface area contributed by atoms with Gasteiger partial charge in [0, 0.05) is 29.4 Å². The van der Waals surface area contributed by atoms with E-state index in [-0.39, 0.29) is 5.91 Å². The van der Waals surface area contributed by atoms with Crippen molar-refractivity contribution in [3.05, 3.63) is 69.7 Å². The molecule has 0 atom stereocenters. The summed E-state index contributed by atoms with van der Waals surface area (Å²) in [5.41, 5.74) is 4.89. The molecule has 2 aromatic heterocycles. The Balaban J connectivity index is 1.57. The second kappa shape index (κ2) is 7.61. The highest BCUT2D eigenvalue weighted by atomic mass is 32.1. The van der Waals surface area contributed by atoms with Crippen LogP contribution in [0.1, 0.15) is 39.5 Å². The number of carbonyl (C=O) groups is 1. The molecule has 1 aliphatic heterocycles. The summed E-state index contributed by atoms with van der Waals surface area (Å²) in [6.07, 6.45) is 2.43. The van der Waals surface area contributed by atoms with Crippen molar-refractivity contribution in [3.8, 4) is 0 Å². The molecule has 0 unspecified atom stereocenters. The Hall–Kier alpha value is -2.53. The van der Waals surface area contributed by atoms with E-state index in [0.29, 0.717) is 0 Å². The molecule has 0 spiro atoms. The fourth-order valence-corrected chi connectivity index (χ4v) is 4.53. The first-order valence-electron chi connectivity index (χ1n) is 9.48. The van der Waals surface area contributed by atoms with Crippen molar-refractivity contribution in [1.82, 2.24) is 4.57 Å². The number of hydrogen-bond donors (Lipinski definition) is 1. The van der Waals surface area contributed by atoms with Gasteiger partial charge < -0.3 is 14.8 Å². The van der Waals surface area contributed by atoms with Gasteiger partial charge >= 0.3 is 0 Å². The van der Waals surface area contributed by atoms with Gasteiger partial charge in [0.05, 0.1) is 23.5 Å². The molecule has 1 aliphatic rings. The number of benzene rings is 1. The lowest BCUT2D eigenvalue weighted by atomic mass is 10.2. The Labute approximate surface area is 164 Å². The topological polar surface area (TPSA) is 37.3 Å². The smallest absolute Gasteiger partial charge is 0.257 e. The molecule has 4 nitrogen and oxygen atoms in total. The first-order valence-corrected chi connectivity index (χ1v) is 10.4. The molecule has 0 aliphatic carbocycles. The number of thiophene rings is 1. The van der Waals surface area contributed by atoms with Gasteiger partial charge in [0.25, 0.3) is 5.91 Å². The van der Waals surface area contributed by atoms with E-state index >= 15 is 0 Å². The Morgan fingerprint density at radius 3 is 2.63 bits per heavy atom. The fourth-order valence-electron chi connectivity index (χ4n) is 3.84. The van der Waals surface area contributed by atoms with E-state index in [0.717, 1.165) is 48.0 Å². The van der Waals surface area contributed by atoms with Gasteiger partial charge in [0.1, 0.15) is 0 Å². The lowest BCUT2D eigenvalue weighted by molar-refractivity contribution is 0.102. The van der Waals surface area contributed by atoms with E-state index in [1.807, 2.05) is 31.2 Å². The zero-order chi connectivity index (χ0) is 18.8. The summed E-state index contributed by atoms with van der Waals surface area (Å²) < 4.78 is 2.22. The molecule has 1 saturated heterocycles. The molecule has 0 radical (unpaired) electrons. The summed E-state index contributed by atoms with van der Waals surface area (Å²) in [5.74, 6) is -0.0350. The largest absolute Gasteiger partial charge is 0.370 e. The third-order valence-corrected chi connectivity index (χ3v) is 6.17. The summed E-state index contributed by atoms with van der Waals surface area (Å²) in [6.45, 7) is 7.02. The Bertz CT molecular complexity index is 937. The molecule has 0 saturated carbocycles. The van der Waals surface area contributed by atoms with Crippen molar-refractivity contribution in [2.75, 3.05) is 23.3 Å². The van der Waals surface area contributed by atoms with Gasteiger partial charge in [-0.25, -0.2) is 0 Å². The summed E-state index contributed by atoms with van der Waals surface area (Å²) in [6, 6.07) is 14.3. The van der Waals surface area contributed by atoms with E-state index in [1.54, 1.807) is 11.3 Å². The van der Waals surface area contributed by atoms with E-state index in [2.05, 4.69) is 45.3 Å². The van der Waals surface area contributed by atoms with Crippen LogP contribution in [0.2, 0.25) is 0 Å². The Morgan fingerprint density at radius 2 is 1.89 bits per heavy atom. The molecule has 3 aromatic rings. The average molecular weight is 380 g/mol. The maximum absolute atomic E-state index is 13.0. The van der Waals surface area contributed by atoms with Gasteiger partial charge in [-0.2, -0.15) is 0 Å². The van der Waals surface area contributed by atoms with Gasteiger partial charge in [0.2, 0.25) is 0 Å². The van der Waals surface area contributed by atoms with Crippen LogP contribution in [0.5, 0.6) is 0 Å². The fraction of sp³-hybridized carbons (Fsp3) is 0.318. The van der Waals surface area contributed by atoms with E-state index in [1.165, 1.54) is 17.7 Å². The van der Waals surface area contributed by atoms with Crippen molar-refractivity contribution >= 4 is 28.6 Å². The Kier molecular flexibility index (Phi) is 5.03. The van der Waals surface area contributed by atoms with Crippen LogP contribution in [0.25, 0.3) is 0 Å². The molecule has 1 N–H and O–H groups in total. The van der Waals surface area contributed by atoms with Crippen molar-refractivity contribution in [2.24, 2.45) is 0 Å². The van der Waals surface area contributed by atoms with Crippen LogP contribution in [0.4, 0.5) is 11.4 Å². The first kappa shape index (κ1) is 17.9. The van der Waals surface area contributed by atoms with Crippen LogP contribution in [0.15, 0.2) is 47.8 Å².